The van der Waals surface area contributed by atoms with E-state index >= 15 is 0 Å². The summed E-state index contributed by atoms with van der Waals surface area (Å²) >= 11 is 1.22. The molecular formula is C32H31N3O7S. The maximum atomic E-state index is 14.2. The largest absolute Gasteiger partial charge is 0.497 e. The van der Waals surface area contributed by atoms with Crippen molar-refractivity contribution < 1.29 is 28.5 Å². The summed E-state index contributed by atoms with van der Waals surface area (Å²) in [4.78, 5) is 33.2. The molecule has 10 nitrogen and oxygen atoms in total. The number of carbonyl (C=O) groups is 1. The summed E-state index contributed by atoms with van der Waals surface area (Å²) in [6.45, 7) is 1.76. The zero-order valence-corrected chi connectivity index (χ0v) is 25.4. The number of benzene rings is 3. The van der Waals surface area contributed by atoms with Crippen LogP contribution in [0, 0.1) is 0 Å². The molecule has 0 aliphatic carbocycles. The molecule has 3 aromatic carbocycles. The van der Waals surface area contributed by atoms with E-state index in [0.29, 0.717) is 66.2 Å². The van der Waals surface area contributed by atoms with Crippen molar-refractivity contribution in [2.24, 2.45) is 4.99 Å². The van der Waals surface area contributed by atoms with E-state index in [-0.39, 0.29) is 11.5 Å². The molecule has 0 unspecified atom stereocenters. The Balaban J connectivity index is 1.72. The molecule has 5 rings (SSSR count). The highest BCUT2D eigenvalue weighted by Crippen LogP contribution is 2.39. The highest BCUT2D eigenvalue weighted by molar-refractivity contribution is 7.07. The summed E-state index contributed by atoms with van der Waals surface area (Å²) in [5.41, 5.74) is 2.37. The number of hydrogen-bond donors (Lipinski definition) is 1. The van der Waals surface area contributed by atoms with Crippen LogP contribution in [0.2, 0.25) is 0 Å². The number of amides is 1. The van der Waals surface area contributed by atoms with E-state index in [2.05, 4.69) is 5.32 Å². The lowest BCUT2D eigenvalue weighted by Gasteiger charge is -2.26. The van der Waals surface area contributed by atoms with Gasteiger partial charge in [0.15, 0.2) is 16.3 Å². The molecule has 1 atom stereocenters. The maximum absolute atomic E-state index is 14.2. The molecule has 0 fully saturated rings. The first-order valence-corrected chi connectivity index (χ1v) is 14.1. The molecule has 2 heterocycles. The lowest BCUT2D eigenvalue weighted by atomic mass is 9.94. The molecule has 1 aliphatic heterocycles. The number of methoxy groups -OCH3 is 5. The van der Waals surface area contributed by atoms with Gasteiger partial charge in [-0.25, -0.2) is 4.99 Å². The van der Waals surface area contributed by atoms with Crippen LogP contribution in [-0.2, 0) is 4.79 Å². The van der Waals surface area contributed by atoms with Crippen LogP contribution in [0.25, 0.3) is 6.08 Å². The van der Waals surface area contributed by atoms with E-state index in [9.17, 15) is 9.59 Å². The Kier molecular flexibility index (Phi) is 8.53. The number of hydrogen-bond acceptors (Lipinski definition) is 9. The minimum Gasteiger partial charge on any atom is -0.497 e. The van der Waals surface area contributed by atoms with Gasteiger partial charge < -0.3 is 29.0 Å². The summed E-state index contributed by atoms with van der Waals surface area (Å²) in [6, 6.07) is 17.1. The average molecular weight is 602 g/mol. The molecule has 43 heavy (non-hydrogen) atoms. The third-order valence-corrected chi connectivity index (χ3v) is 8.00. The van der Waals surface area contributed by atoms with E-state index in [1.165, 1.54) is 44.3 Å². The van der Waals surface area contributed by atoms with Crippen LogP contribution >= 0.6 is 11.3 Å². The lowest BCUT2D eigenvalue weighted by molar-refractivity contribution is -0.113. The predicted octanol–water partition coefficient (Wildman–Crippen LogP) is 3.92. The zero-order chi connectivity index (χ0) is 30.7. The Bertz CT molecular complexity index is 1870. The first kappa shape index (κ1) is 29.5. The number of nitrogens with zero attached hydrogens (tertiary/aromatic N) is 2. The van der Waals surface area contributed by atoms with Crippen LogP contribution in [0.5, 0.6) is 28.7 Å². The number of para-hydroxylation sites is 1. The third kappa shape index (κ3) is 5.59. The highest BCUT2D eigenvalue weighted by atomic mass is 32.1. The number of anilines is 1. The van der Waals surface area contributed by atoms with Gasteiger partial charge in [0.05, 0.1) is 51.4 Å². The lowest BCUT2D eigenvalue weighted by Crippen LogP contribution is -2.40. The molecular weight excluding hydrogens is 570 g/mol. The Morgan fingerprint density at radius 2 is 1.56 bits per heavy atom. The van der Waals surface area contributed by atoms with E-state index < -0.39 is 6.04 Å². The minimum absolute atomic E-state index is 0.319. The number of allylic oxidation sites excluding steroid dienone is 1. The van der Waals surface area contributed by atoms with E-state index in [0.717, 1.165) is 0 Å². The summed E-state index contributed by atoms with van der Waals surface area (Å²) in [5, 5.41) is 2.95. The second-order valence-electron chi connectivity index (χ2n) is 9.47. The summed E-state index contributed by atoms with van der Waals surface area (Å²) in [6.07, 6.45) is 1.74. The van der Waals surface area contributed by atoms with E-state index in [1.807, 2.05) is 18.2 Å². The maximum Gasteiger partial charge on any atom is 0.271 e. The SMILES string of the molecule is COc1ccc([C@@H]2C(C(=O)Nc3ccccc3)=C(C)N=c3s/c(=C\c4cc(OC)c(OC)c(OC)c4)c(=O)n32)c(OC)c1. The van der Waals surface area contributed by atoms with Crippen molar-refractivity contribution in [2.45, 2.75) is 13.0 Å². The van der Waals surface area contributed by atoms with Gasteiger partial charge in [0, 0.05) is 17.3 Å². The number of rotatable bonds is 9. The van der Waals surface area contributed by atoms with Crippen LogP contribution in [-0.4, -0.2) is 46.0 Å². The van der Waals surface area contributed by atoms with Crippen molar-refractivity contribution in [1.82, 2.24) is 4.57 Å². The standard InChI is InChI=1S/C32H31N3O7S/c1-18-27(30(36)34-20-10-8-7-9-11-20)28(22-13-12-21(38-2)17-23(22)39-3)35-31(37)26(43-32(35)33-18)16-19-14-24(40-4)29(42-6)25(15-19)41-5/h7-17,28H,1-6H3,(H,34,36)/b26-16-/t28-/m1/s1. The summed E-state index contributed by atoms with van der Waals surface area (Å²) in [7, 11) is 7.68. The predicted molar refractivity (Wildman–Crippen MR) is 164 cm³/mol. The smallest absolute Gasteiger partial charge is 0.271 e. The summed E-state index contributed by atoms with van der Waals surface area (Å²) < 4.78 is 29.5. The molecule has 0 saturated carbocycles. The Morgan fingerprint density at radius 1 is 0.884 bits per heavy atom. The first-order valence-electron chi connectivity index (χ1n) is 13.2. The Labute approximate surface area is 252 Å². The number of fused-ring (bicyclic) bond motifs is 1. The van der Waals surface area contributed by atoms with Gasteiger partial charge in [-0.2, -0.15) is 0 Å². The molecule has 222 valence electrons. The van der Waals surface area contributed by atoms with Gasteiger partial charge in [0.25, 0.3) is 11.5 Å². The van der Waals surface area contributed by atoms with Gasteiger partial charge >= 0.3 is 0 Å². The van der Waals surface area contributed by atoms with Gasteiger partial charge in [-0.15, -0.1) is 0 Å². The number of aromatic nitrogens is 1. The molecule has 0 radical (unpaired) electrons. The van der Waals surface area contributed by atoms with Crippen molar-refractivity contribution in [2.75, 3.05) is 40.9 Å². The van der Waals surface area contributed by atoms with E-state index in [1.54, 1.807) is 62.6 Å². The van der Waals surface area contributed by atoms with Crippen molar-refractivity contribution in [3.8, 4) is 28.7 Å². The summed E-state index contributed by atoms with van der Waals surface area (Å²) in [5.74, 6) is 2.01. The van der Waals surface area contributed by atoms with Crippen LogP contribution in [0.15, 0.2) is 81.7 Å². The van der Waals surface area contributed by atoms with Crippen LogP contribution in [0.3, 0.4) is 0 Å². The number of carbonyl (C=O) groups excluding carboxylic acids is 1. The third-order valence-electron chi connectivity index (χ3n) is 7.02. The highest BCUT2D eigenvalue weighted by Gasteiger charge is 2.34. The van der Waals surface area contributed by atoms with Crippen LogP contribution in [0.4, 0.5) is 5.69 Å². The normalized spacial score (nSPS) is 14.5. The molecule has 1 aliphatic rings. The van der Waals surface area contributed by atoms with Crippen molar-refractivity contribution in [3.05, 3.63) is 103 Å². The number of ether oxygens (including phenoxy) is 5. The molecule has 4 aromatic rings. The Morgan fingerprint density at radius 3 is 2.16 bits per heavy atom. The second-order valence-corrected chi connectivity index (χ2v) is 10.5. The van der Waals surface area contributed by atoms with Crippen LogP contribution < -0.4 is 43.9 Å². The second kappa shape index (κ2) is 12.5. The molecule has 1 N–H and O–H groups in total. The van der Waals surface area contributed by atoms with E-state index in [4.69, 9.17) is 28.7 Å². The van der Waals surface area contributed by atoms with Gasteiger partial charge in [0.2, 0.25) is 5.75 Å². The molecule has 0 bridgehead atoms. The fourth-order valence-electron chi connectivity index (χ4n) is 5.01. The Hall–Kier alpha value is -5.03. The van der Waals surface area contributed by atoms with Gasteiger partial charge in [-0.3, -0.25) is 14.2 Å². The fraction of sp³-hybridized carbons (Fsp3) is 0.219. The minimum atomic E-state index is -0.831. The van der Waals surface area contributed by atoms with Gasteiger partial charge in [-0.1, -0.05) is 29.5 Å². The number of thiazole rings is 1. The quantitative estimate of drug-likeness (QED) is 0.310. The molecule has 11 heteroatoms. The van der Waals surface area contributed by atoms with Crippen molar-refractivity contribution >= 4 is 29.0 Å². The molecule has 1 aromatic heterocycles. The monoisotopic (exact) mass is 601 g/mol. The zero-order valence-electron chi connectivity index (χ0n) is 24.6. The molecule has 0 spiro atoms. The average Bonchev–Trinajstić information content (AvgIpc) is 3.33. The van der Waals surface area contributed by atoms with Crippen LogP contribution in [0.1, 0.15) is 24.1 Å². The fourth-order valence-corrected chi connectivity index (χ4v) is 6.05. The first-order chi connectivity index (χ1) is 20.8. The topological polar surface area (TPSA) is 110 Å². The van der Waals surface area contributed by atoms with Gasteiger partial charge in [-0.05, 0) is 55.0 Å². The molecule has 0 saturated heterocycles. The van der Waals surface area contributed by atoms with Crippen molar-refractivity contribution in [1.29, 1.82) is 0 Å². The van der Waals surface area contributed by atoms with Crippen molar-refractivity contribution in [3.63, 3.8) is 0 Å². The number of nitrogens with one attached hydrogen (secondary N) is 1. The van der Waals surface area contributed by atoms with Gasteiger partial charge in [0.1, 0.15) is 17.5 Å². The molecule has 1 amide bonds.